The minimum Gasteiger partial charge on any atom is -0.483 e. The second-order valence-corrected chi connectivity index (χ2v) is 15.6. The summed E-state index contributed by atoms with van der Waals surface area (Å²) in [5.74, 6) is 1.02. The van der Waals surface area contributed by atoms with Gasteiger partial charge in [-0.25, -0.2) is 0 Å². The van der Waals surface area contributed by atoms with E-state index in [0.717, 1.165) is 18.9 Å². The highest BCUT2D eigenvalue weighted by atomic mass is 16.3. The lowest BCUT2D eigenvalue weighted by Gasteiger charge is -2.22. The number of hydrogen-bond donors (Lipinski definition) is 3. The third-order valence-corrected chi connectivity index (χ3v) is 10.5. The molecule has 0 bridgehead atoms. The Hall–Kier alpha value is -0.980. The van der Waals surface area contributed by atoms with Crippen molar-refractivity contribution in [3.05, 3.63) is 0 Å². The first kappa shape index (κ1) is 58.7. The van der Waals surface area contributed by atoms with E-state index < -0.39 is 0 Å². The quantitative estimate of drug-likeness (QED) is 0.0425. The maximum absolute atomic E-state index is 8.47. The summed E-state index contributed by atoms with van der Waals surface area (Å²) in [5, 5.41) is 15.4. The van der Waals surface area contributed by atoms with Crippen molar-refractivity contribution in [2.75, 3.05) is 32.8 Å². The van der Waals surface area contributed by atoms with Gasteiger partial charge in [0.05, 0.1) is 0 Å². The van der Waals surface area contributed by atoms with Crippen LogP contribution in [-0.2, 0) is 9.59 Å². The number of carbonyl (C=O) groups is 2. The molecule has 0 fully saturated rings. The molecule has 0 heterocycles. The third-order valence-electron chi connectivity index (χ3n) is 10.5. The van der Waals surface area contributed by atoms with Crippen LogP contribution in [0.15, 0.2) is 0 Å². The lowest BCUT2D eigenvalue weighted by Crippen LogP contribution is -2.27. The van der Waals surface area contributed by atoms with Crippen molar-refractivity contribution >= 4 is 13.3 Å². The number of aliphatic hydroxyl groups is 1. The highest BCUT2D eigenvalue weighted by Crippen LogP contribution is 2.25. The minimum atomic E-state index is -0.250. The molecule has 6 nitrogen and oxygen atoms in total. The van der Waals surface area contributed by atoms with Crippen molar-refractivity contribution in [2.24, 2.45) is 11.7 Å². The van der Waals surface area contributed by atoms with Gasteiger partial charge in [-0.2, -0.15) is 0 Å². The zero-order chi connectivity index (χ0) is 40.1. The maximum atomic E-state index is 8.47. The average Bonchev–Trinajstić information content (AvgIpc) is 3.17. The summed E-state index contributed by atoms with van der Waals surface area (Å²) in [6.45, 7) is 16.1. The van der Waals surface area contributed by atoms with Crippen molar-refractivity contribution in [1.82, 2.24) is 4.90 Å². The molecule has 0 aromatic heterocycles. The van der Waals surface area contributed by atoms with Crippen LogP contribution in [0.2, 0.25) is 0 Å². The largest absolute Gasteiger partial charge is 0.483 e. The highest BCUT2D eigenvalue weighted by molar-refractivity contribution is 5.32. The van der Waals surface area contributed by atoms with E-state index in [4.69, 9.17) is 25.5 Å². The van der Waals surface area contributed by atoms with Gasteiger partial charge in [-0.15, -0.1) is 0 Å². The molecule has 0 aliphatic heterocycles. The van der Waals surface area contributed by atoms with Crippen LogP contribution in [0.5, 0.6) is 0 Å². The van der Waals surface area contributed by atoms with Crippen molar-refractivity contribution in [2.45, 2.75) is 252 Å². The van der Waals surface area contributed by atoms with Gasteiger partial charge in [0, 0.05) is 6.61 Å². The summed E-state index contributed by atoms with van der Waals surface area (Å²) in [6.07, 6.45) is 49.0. The molecule has 0 radical (unpaired) electrons. The van der Waals surface area contributed by atoms with Crippen LogP contribution in [0.1, 0.15) is 252 Å². The molecule has 0 unspecified atom stereocenters. The first-order valence-electron chi connectivity index (χ1n) is 23.5. The number of rotatable bonds is 40. The van der Waals surface area contributed by atoms with Crippen LogP contribution >= 0.6 is 0 Å². The SMILES string of the molecule is C=O.CCCCCCCCC(CCCCCCCC)CCCCCCCN(CCCCN)CCCCCCCC.CCCCCCCCCO.O=CO. The molecule has 0 saturated heterocycles. The number of unbranched alkanes of at least 4 members (excludes halogenated alkanes) is 26. The molecule has 0 amide bonds. The van der Waals surface area contributed by atoms with Gasteiger partial charge in [-0.3, -0.25) is 4.79 Å². The fraction of sp³-hybridized carbons (Fsp3) is 0.957. The van der Waals surface area contributed by atoms with Gasteiger partial charge in [0.2, 0.25) is 0 Å². The second kappa shape index (κ2) is 60.3. The zero-order valence-corrected chi connectivity index (χ0v) is 36.9. The molecule has 322 valence electrons. The Bertz CT molecular complexity index is 571. The summed E-state index contributed by atoms with van der Waals surface area (Å²) in [7, 11) is 0. The lowest BCUT2D eigenvalue weighted by molar-refractivity contribution is -0.122. The molecule has 53 heavy (non-hydrogen) atoms. The predicted molar refractivity (Wildman–Crippen MR) is 236 cm³/mol. The molecule has 0 aliphatic carbocycles. The summed E-state index contributed by atoms with van der Waals surface area (Å²) < 4.78 is 0. The first-order chi connectivity index (χ1) is 26.1. The molecule has 0 saturated carbocycles. The van der Waals surface area contributed by atoms with Gasteiger partial charge in [0.1, 0.15) is 6.79 Å². The Balaban J connectivity index is -0.000000670. The Morgan fingerprint density at radius 2 is 0.698 bits per heavy atom. The van der Waals surface area contributed by atoms with Crippen molar-refractivity contribution in [3.63, 3.8) is 0 Å². The molecule has 4 N–H and O–H groups in total. The smallest absolute Gasteiger partial charge is 0.290 e. The van der Waals surface area contributed by atoms with E-state index in [-0.39, 0.29) is 6.47 Å². The first-order valence-corrected chi connectivity index (χ1v) is 23.5. The fourth-order valence-corrected chi connectivity index (χ4v) is 7.16. The molecule has 6 heteroatoms. The van der Waals surface area contributed by atoms with Crippen LogP contribution in [0, 0.1) is 5.92 Å². The van der Waals surface area contributed by atoms with Gasteiger partial charge in [0.25, 0.3) is 6.47 Å². The molecule has 0 aromatic carbocycles. The standard InChI is InChI=1S/C36H76N2.C9H20O.CH2O2.CH2O/c1-4-7-10-13-17-22-29-36(30-23-18-14-11-8-5-2)31-24-19-16-21-27-34-38(35-28-25-32-37)33-26-20-15-12-9-6-3;1-2-3-4-5-6-7-8-9-10;2-1-3;1-2/h36H,4-35,37H2,1-3H3;10H,2-9H2,1H3;1H,(H,2,3);1H2. The summed E-state index contributed by atoms with van der Waals surface area (Å²) in [4.78, 5) is 19.1. The Labute approximate surface area is 334 Å². The van der Waals surface area contributed by atoms with Gasteiger partial charge in [0.15, 0.2) is 0 Å². The Morgan fingerprint density at radius 1 is 0.453 bits per heavy atom. The normalized spacial score (nSPS) is 10.7. The van der Waals surface area contributed by atoms with Gasteiger partial charge < -0.3 is 25.6 Å². The van der Waals surface area contributed by atoms with Crippen LogP contribution in [0.3, 0.4) is 0 Å². The van der Waals surface area contributed by atoms with E-state index in [1.165, 1.54) is 238 Å². The monoisotopic (exact) mass is 757 g/mol. The van der Waals surface area contributed by atoms with Crippen molar-refractivity contribution in [1.29, 1.82) is 0 Å². The molecule has 0 spiro atoms. The second-order valence-electron chi connectivity index (χ2n) is 15.6. The Morgan fingerprint density at radius 3 is 0.981 bits per heavy atom. The summed E-state index contributed by atoms with van der Waals surface area (Å²) in [6, 6.07) is 0. The number of nitrogens with zero attached hydrogens (tertiary/aromatic N) is 1. The van der Waals surface area contributed by atoms with Crippen molar-refractivity contribution in [3.8, 4) is 0 Å². The van der Waals surface area contributed by atoms with Crippen LogP contribution < -0.4 is 5.73 Å². The van der Waals surface area contributed by atoms with E-state index in [2.05, 4.69) is 32.6 Å². The van der Waals surface area contributed by atoms with Crippen LogP contribution in [-0.4, -0.2) is 61.2 Å². The van der Waals surface area contributed by atoms with Gasteiger partial charge in [-0.05, 0) is 64.2 Å². The maximum Gasteiger partial charge on any atom is 0.290 e. The van der Waals surface area contributed by atoms with E-state index in [1.807, 2.05) is 6.79 Å². The number of carbonyl (C=O) groups excluding carboxylic acids is 1. The number of carboxylic acid groups (broad SMARTS) is 1. The van der Waals surface area contributed by atoms with E-state index in [0.29, 0.717) is 6.61 Å². The summed E-state index contributed by atoms with van der Waals surface area (Å²) >= 11 is 0. The van der Waals surface area contributed by atoms with E-state index in [1.54, 1.807) is 0 Å². The number of hydrogen-bond acceptors (Lipinski definition) is 5. The Kier molecular flexibility index (Phi) is 66.8. The third kappa shape index (κ3) is 60.5. The summed E-state index contributed by atoms with van der Waals surface area (Å²) in [5.41, 5.74) is 5.76. The molecule has 0 atom stereocenters. The zero-order valence-electron chi connectivity index (χ0n) is 36.9. The van der Waals surface area contributed by atoms with Crippen molar-refractivity contribution < 1.29 is 19.8 Å². The molecule has 0 aromatic rings. The van der Waals surface area contributed by atoms with E-state index >= 15 is 0 Å². The molecule has 0 aliphatic rings. The number of aliphatic hydroxyl groups excluding tert-OH is 1. The minimum absolute atomic E-state index is 0.250. The molecule has 0 rings (SSSR count). The number of nitrogens with two attached hydrogens (primary N) is 1. The molecular formula is C47H100N2O4. The van der Waals surface area contributed by atoms with Crippen LogP contribution in [0.25, 0.3) is 0 Å². The fourth-order valence-electron chi connectivity index (χ4n) is 7.16. The predicted octanol–water partition coefficient (Wildman–Crippen LogP) is 14.1. The molecular weight excluding hydrogens is 657 g/mol. The average molecular weight is 757 g/mol. The van der Waals surface area contributed by atoms with Gasteiger partial charge >= 0.3 is 0 Å². The van der Waals surface area contributed by atoms with Gasteiger partial charge in [-0.1, -0.05) is 220 Å². The topological polar surface area (TPSA) is 104 Å². The van der Waals surface area contributed by atoms with Crippen LogP contribution in [0.4, 0.5) is 0 Å². The highest BCUT2D eigenvalue weighted by Gasteiger charge is 2.09. The van der Waals surface area contributed by atoms with E-state index in [9.17, 15) is 0 Å². The lowest BCUT2D eigenvalue weighted by atomic mass is 9.89.